The third-order valence-electron chi connectivity index (χ3n) is 3.26. The molecule has 0 aliphatic heterocycles. The van der Waals surface area contributed by atoms with Gasteiger partial charge in [0.1, 0.15) is 16.9 Å². The summed E-state index contributed by atoms with van der Waals surface area (Å²) in [7, 11) is 1.96. The molecule has 0 aliphatic carbocycles. The standard InChI is InChI=1S/C14H9ClN4O/c1-19-4-2-8-6-9(7-16-13(8)19)11-12-10(3-5-20-12)17-14(15)18-11/h2-7H,1H3. The van der Waals surface area contributed by atoms with E-state index in [2.05, 4.69) is 15.0 Å². The summed E-state index contributed by atoms with van der Waals surface area (Å²) in [5, 5.41) is 1.24. The fourth-order valence-electron chi connectivity index (χ4n) is 2.31. The van der Waals surface area contributed by atoms with Gasteiger partial charge in [-0.15, -0.1) is 0 Å². The average molecular weight is 285 g/mol. The van der Waals surface area contributed by atoms with Crippen LogP contribution in [0.15, 0.2) is 41.3 Å². The monoisotopic (exact) mass is 284 g/mol. The van der Waals surface area contributed by atoms with E-state index in [9.17, 15) is 0 Å². The summed E-state index contributed by atoms with van der Waals surface area (Å²) in [5.41, 5.74) is 3.74. The van der Waals surface area contributed by atoms with Crippen LogP contribution in [0, 0.1) is 0 Å². The number of halogens is 1. The van der Waals surface area contributed by atoms with Crippen molar-refractivity contribution >= 4 is 33.7 Å². The molecule has 0 aliphatic rings. The van der Waals surface area contributed by atoms with Crippen molar-refractivity contribution in [1.29, 1.82) is 0 Å². The zero-order chi connectivity index (χ0) is 13.7. The topological polar surface area (TPSA) is 56.7 Å². The van der Waals surface area contributed by atoms with E-state index < -0.39 is 0 Å². The average Bonchev–Trinajstić information content (AvgIpc) is 3.04. The first-order valence-electron chi connectivity index (χ1n) is 6.04. The van der Waals surface area contributed by atoms with Gasteiger partial charge in [-0.25, -0.2) is 15.0 Å². The Balaban J connectivity index is 2.02. The lowest BCUT2D eigenvalue weighted by Crippen LogP contribution is -1.91. The molecule has 98 valence electrons. The molecule has 5 nitrogen and oxygen atoms in total. The van der Waals surface area contributed by atoms with Gasteiger partial charge in [0.25, 0.3) is 0 Å². The molecule has 0 radical (unpaired) electrons. The molecule has 6 heteroatoms. The number of hydrogen-bond donors (Lipinski definition) is 0. The molecule has 0 saturated carbocycles. The van der Waals surface area contributed by atoms with Crippen molar-refractivity contribution in [3.63, 3.8) is 0 Å². The van der Waals surface area contributed by atoms with Crippen LogP contribution in [0.1, 0.15) is 0 Å². The van der Waals surface area contributed by atoms with Crippen molar-refractivity contribution in [2.75, 3.05) is 0 Å². The number of fused-ring (bicyclic) bond motifs is 2. The van der Waals surface area contributed by atoms with Crippen LogP contribution in [0.4, 0.5) is 0 Å². The molecule has 0 amide bonds. The van der Waals surface area contributed by atoms with Crippen LogP contribution in [0.5, 0.6) is 0 Å². The number of aryl methyl sites for hydroxylation is 1. The minimum atomic E-state index is 0.196. The molecular weight excluding hydrogens is 276 g/mol. The first-order chi connectivity index (χ1) is 9.72. The molecule has 0 atom stereocenters. The molecule has 20 heavy (non-hydrogen) atoms. The first kappa shape index (κ1) is 11.4. The summed E-state index contributed by atoms with van der Waals surface area (Å²) in [5.74, 6) is 0. The summed E-state index contributed by atoms with van der Waals surface area (Å²) in [6, 6.07) is 5.79. The number of pyridine rings is 1. The minimum absolute atomic E-state index is 0.196. The highest BCUT2D eigenvalue weighted by Gasteiger charge is 2.13. The SMILES string of the molecule is Cn1ccc2cc(-c3nc(Cl)nc4ccoc34)cnc21. The Morgan fingerprint density at radius 1 is 1.25 bits per heavy atom. The number of furan rings is 1. The van der Waals surface area contributed by atoms with Gasteiger partial charge in [0.05, 0.1) is 6.26 Å². The Kier molecular flexibility index (Phi) is 2.31. The molecule has 0 N–H and O–H groups in total. The number of aromatic nitrogens is 4. The van der Waals surface area contributed by atoms with Crippen LogP contribution in [0.3, 0.4) is 0 Å². The summed E-state index contributed by atoms with van der Waals surface area (Å²) in [6.07, 6.45) is 5.31. The van der Waals surface area contributed by atoms with Gasteiger partial charge < -0.3 is 8.98 Å². The normalized spacial score (nSPS) is 11.5. The smallest absolute Gasteiger partial charge is 0.223 e. The summed E-state index contributed by atoms with van der Waals surface area (Å²) in [4.78, 5) is 12.9. The third-order valence-corrected chi connectivity index (χ3v) is 3.43. The molecule has 0 saturated heterocycles. The van der Waals surface area contributed by atoms with E-state index >= 15 is 0 Å². The lowest BCUT2D eigenvalue weighted by atomic mass is 10.1. The summed E-state index contributed by atoms with van der Waals surface area (Å²) < 4.78 is 7.43. The third kappa shape index (κ3) is 1.60. The van der Waals surface area contributed by atoms with E-state index in [0.29, 0.717) is 16.8 Å². The van der Waals surface area contributed by atoms with Gasteiger partial charge in [0.2, 0.25) is 5.28 Å². The van der Waals surface area contributed by atoms with E-state index in [-0.39, 0.29) is 5.28 Å². The molecule has 4 aromatic rings. The van der Waals surface area contributed by atoms with Crippen LogP contribution in [-0.2, 0) is 7.05 Å². The van der Waals surface area contributed by atoms with Crippen molar-refractivity contribution in [2.24, 2.45) is 7.05 Å². The quantitative estimate of drug-likeness (QED) is 0.503. The molecule has 0 aromatic carbocycles. The summed E-state index contributed by atoms with van der Waals surface area (Å²) in [6.45, 7) is 0. The lowest BCUT2D eigenvalue weighted by molar-refractivity contribution is 0.615. The van der Waals surface area contributed by atoms with E-state index in [4.69, 9.17) is 16.0 Å². The van der Waals surface area contributed by atoms with Gasteiger partial charge in [0.15, 0.2) is 5.58 Å². The number of nitrogens with zero attached hydrogens (tertiary/aromatic N) is 4. The molecule has 0 bridgehead atoms. The predicted octanol–water partition coefficient (Wildman–Crippen LogP) is 3.43. The fraction of sp³-hybridized carbons (Fsp3) is 0.0714. The largest absolute Gasteiger partial charge is 0.460 e. The van der Waals surface area contributed by atoms with Crippen molar-refractivity contribution in [3.8, 4) is 11.3 Å². The van der Waals surface area contributed by atoms with E-state index in [1.54, 1.807) is 18.5 Å². The predicted molar refractivity (Wildman–Crippen MR) is 76.5 cm³/mol. The second-order valence-electron chi connectivity index (χ2n) is 4.54. The molecule has 0 spiro atoms. The van der Waals surface area contributed by atoms with Gasteiger partial charge in [-0.2, -0.15) is 0 Å². The Morgan fingerprint density at radius 3 is 3.05 bits per heavy atom. The number of rotatable bonds is 1. The Hall–Kier alpha value is -2.40. The molecule has 0 fully saturated rings. The Labute approximate surface area is 118 Å². The summed E-state index contributed by atoms with van der Waals surface area (Å²) >= 11 is 5.96. The fourth-order valence-corrected chi connectivity index (χ4v) is 2.49. The highest BCUT2D eigenvalue weighted by molar-refractivity contribution is 6.28. The van der Waals surface area contributed by atoms with E-state index in [1.165, 1.54) is 0 Å². The minimum Gasteiger partial charge on any atom is -0.460 e. The maximum Gasteiger partial charge on any atom is 0.223 e. The highest BCUT2D eigenvalue weighted by Crippen LogP contribution is 2.29. The van der Waals surface area contributed by atoms with Crippen LogP contribution in [0.25, 0.3) is 33.4 Å². The zero-order valence-electron chi connectivity index (χ0n) is 10.5. The second-order valence-corrected chi connectivity index (χ2v) is 4.88. The van der Waals surface area contributed by atoms with Gasteiger partial charge in [-0.3, -0.25) is 0 Å². The molecular formula is C14H9ClN4O. The van der Waals surface area contributed by atoms with Crippen molar-refractivity contribution in [3.05, 3.63) is 42.1 Å². The maximum atomic E-state index is 5.96. The van der Waals surface area contributed by atoms with Crippen LogP contribution in [-0.4, -0.2) is 19.5 Å². The zero-order valence-corrected chi connectivity index (χ0v) is 11.3. The van der Waals surface area contributed by atoms with Crippen LogP contribution in [0.2, 0.25) is 5.28 Å². The maximum absolute atomic E-state index is 5.96. The Morgan fingerprint density at radius 2 is 2.15 bits per heavy atom. The highest BCUT2D eigenvalue weighted by atomic mass is 35.5. The Bertz CT molecular complexity index is 941. The van der Waals surface area contributed by atoms with E-state index in [1.807, 2.05) is 29.9 Å². The van der Waals surface area contributed by atoms with Crippen molar-refractivity contribution in [1.82, 2.24) is 19.5 Å². The molecule has 4 aromatic heterocycles. The van der Waals surface area contributed by atoms with Crippen LogP contribution < -0.4 is 0 Å². The van der Waals surface area contributed by atoms with Gasteiger partial charge >= 0.3 is 0 Å². The molecule has 4 rings (SSSR count). The second kappa shape index (κ2) is 4.05. The van der Waals surface area contributed by atoms with E-state index in [0.717, 1.165) is 16.6 Å². The van der Waals surface area contributed by atoms with Gasteiger partial charge in [-0.05, 0) is 23.7 Å². The first-order valence-corrected chi connectivity index (χ1v) is 6.42. The molecule has 0 unspecified atom stereocenters. The van der Waals surface area contributed by atoms with Crippen molar-refractivity contribution in [2.45, 2.75) is 0 Å². The van der Waals surface area contributed by atoms with Crippen molar-refractivity contribution < 1.29 is 4.42 Å². The lowest BCUT2D eigenvalue weighted by Gasteiger charge is -2.03. The van der Waals surface area contributed by atoms with Gasteiger partial charge in [0, 0.05) is 36.5 Å². The molecule has 4 heterocycles. The van der Waals surface area contributed by atoms with Gasteiger partial charge in [-0.1, -0.05) is 0 Å². The van der Waals surface area contributed by atoms with Crippen LogP contribution >= 0.6 is 11.6 Å². The number of hydrogen-bond acceptors (Lipinski definition) is 4.